The predicted octanol–water partition coefficient (Wildman–Crippen LogP) is 2.20. The van der Waals surface area contributed by atoms with E-state index in [0.29, 0.717) is 19.4 Å². The van der Waals surface area contributed by atoms with Crippen LogP contribution in [0.15, 0.2) is 0 Å². The number of esters is 1. The highest BCUT2D eigenvalue weighted by Crippen LogP contribution is 2.06. The van der Waals surface area contributed by atoms with Crippen LogP contribution in [-0.4, -0.2) is 18.5 Å². The Kier molecular flexibility index (Phi) is 11.7. The molecule has 0 aromatic rings. The van der Waals surface area contributed by atoms with Crippen LogP contribution < -0.4 is 5.11 Å². The Bertz CT molecular complexity index is 226. The van der Waals surface area contributed by atoms with Gasteiger partial charge in [-0.1, -0.05) is 32.6 Å². The van der Waals surface area contributed by atoms with Crippen molar-refractivity contribution in [1.29, 1.82) is 0 Å². The van der Waals surface area contributed by atoms with E-state index in [4.69, 9.17) is 4.74 Å². The van der Waals surface area contributed by atoms with Gasteiger partial charge in [-0.3, -0.25) is 4.79 Å². The maximum Gasteiger partial charge on any atom is 0.305 e. The Morgan fingerprint density at radius 1 is 0.889 bits per heavy atom. The van der Waals surface area contributed by atoms with Gasteiger partial charge in [0.15, 0.2) is 0 Å². The summed E-state index contributed by atoms with van der Waals surface area (Å²) in [4.78, 5) is 21.4. The fourth-order valence-corrected chi connectivity index (χ4v) is 1.68. The number of ether oxygens (including phenoxy) is 1. The zero-order valence-corrected chi connectivity index (χ0v) is 11.4. The molecule has 0 aromatic heterocycles. The van der Waals surface area contributed by atoms with Crippen molar-refractivity contribution in [3.63, 3.8) is 0 Å². The minimum atomic E-state index is -1.01. The highest BCUT2D eigenvalue weighted by Gasteiger charge is 2.02. The number of carbonyl (C=O) groups excluding carboxylic acids is 2. The lowest BCUT2D eigenvalue weighted by atomic mass is 10.1. The van der Waals surface area contributed by atoms with Crippen LogP contribution >= 0.6 is 0 Å². The van der Waals surface area contributed by atoms with Gasteiger partial charge in [-0.15, -0.1) is 0 Å². The van der Waals surface area contributed by atoms with Crippen LogP contribution in [0.2, 0.25) is 0 Å². The Balaban J connectivity index is 3.19. The molecule has 0 fully saturated rings. The minimum Gasteiger partial charge on any atom is -0.550 e. The van der Waals surface area contributed by atoms with Gasteiger partial charge in [0.2, 0.25) is 0 Å². The molecular formula is C14H25O4-. The summed E-state index contributed by atoms with van der Waals surface area (Å²) in [5, 5.41) is 10.1. The van der Waals surface area contributed by atoms with Gasteiger partial charge >= 0.3 is 5.97 Å². The van der Waals surface area contributed by atoms with Crippen LogP contribution in [0.4, 0.5) is 0 Å². The number of hydrogen-bond acceptors (Lipinski definition) is 4. The molecule has 0 rings (SSSR count). The normalized spacial score (nSPS) is 10.3. The zero-order valence-electron chi connectivity index (χ0n) is 11.4. The number of unbranched alkanes of at least 4 members (excludes halogenated alkanes) is 6. The molecule has 0 radical (unpaired) electrons. The summed E-state index contributed by atoms with van der Waals surface area (Å²) in [5.74, 6) is -1.15. The maximum absolute atomic E-state index is 11.3. The summed E-state index contributed by atoms with van der Waals surface area (Å²) in [5.41, 5.74) is 0. The summed E-state index contributed by atoms with van der Waals surface area (Å²) in [6.45, 7) is 2.57. The SMILES string of the molecule is CCCCCCCC(=O)OCCCCCC(=O)[O-]. The molecule has 4 nitrogen and oxygen atoms in total. The number of aliphatic carboxylic acids is 1. The van der Waals surface area contributed by atoms with Crippen molar-refractivity contribution < 1.29 is 19.4 Å². The van der Waals surface area contributed by atoms with Crippen molar-refractivity contribution >= 4 is 11.9 Å². The Morgan fingerprint density at radius 2 is 1.50 bits per heavy atom. The standard InChI is InChI=1S/C14H26O4/c1-2-3-4-5-8-11-14(17)18-12-9-6-7-10-13(15)16/h2-12H2,1H3,(H,15,16)/p-1. The summed E-state index contributed by atoms with van der Waals surface area (Å²) in [7, 11) is 0. The number of rotatable bonds is 12. The van der Waals surface area contributed by atoms with E-state index in [9.17, 15) is 14.7 Å². The Labute approximate surface area is 110 Å². The van der Waals surface area contributed by atoms with E-state index >= 15 is 0 Å². The maximum atomic E-state index is 11.3. The highest BCUT2D eigenvalue weighted by molar-refractivity contribution is 5.69. The molecule has 0 N–H and O–H groups in total. The first-order chi connectivity index (χ1) is 8.66. The van der Waals surface area contributed by atoms with Gasteiger partial charge in [0.05, 0.1) is 6.61 Å². The van der Waals surface area contributed by atoms with Crippen LogP contribution in [0, 0.1) is 0 Å². The first kappa shape index (κ1) is 16.9. The van der Waals surface area contributed by atoms with E-state index in [0.717, 1.165) is 25.7 Å². The van der Waals surface area contributed by atoms with Crippen LogP contribution in [0.25, 0.3) is 0 Å². The number of carboxylic acids is 1. The number of carboxylic acid groups (broad SMARTS) is 1. The molecule has 0 saturated heterocycles. The van der Waals surface area contributed by atoms with Crippen LogP contribution in [0.1, 0.15) is 71.1 Å². The quantitative estimate of drug-likeness (QED) is 0.397. The average Bonchev–Trinajstić information content (AvgIpc) is 2.33. The van der Waals surface area contributed by atoms with Crippen LogP contribution in [0.3, 0.4) is 0 Å². The average molecular weight is 257 g/mol. The first-order valence-electron chi connectivity index (χ1n) is 7.02. The van der Waals surface area contributed by atoms with E-state index in [-0.39, 0.29) is 12.4 Å². The molecule has 0 aliphatic rings. The molecule has 0 bridgehead atoms. The van der Waals surface area contributed by atoms with Crippen molar-refractivity contribution in [3.8, 4) is 0 Å². The summed E-state index contributed by atoms with van der Waals surface area (Å²) < 4.78 is 5.05. The molecule has 0 spiro atoms. The first-order valence-corrected chi connectivity index (χ1v) is 7.02. The second-order valence-electron chi connectivity index (χ2n) is 4.57. The molecule has 0 aliphatic heterocycles. The van der Waals surface area contributed by atoms with Crippen molar-refractivity contribution in [2.75, 3.05) is 6.61 Å². The van der Waals surface area contributed by atoms with Gasteiger partial charge in [0.25, 0.3) is 0 Å². The zero-order chi connectivity index (χ0) is 13.6. The van der Waals surface area contributed by atoms with Gasteiger partial charge in [-0.05, 0) is 32.1 Å². The molecule has 0 saturated carbocycles. The summed E-state index contributed by atoms with van der Waals surface area (Å²) >= 11 is 0. The Morgan fingerprint density at radius 3 is 2.17 bits per heavy atom. The molecule has 0 aromatic carbocycles. The molecule has 4 heteroatoms. The number of hydrogen-bond donors (Lipinski definition) is 0. The predicted molar refractivity (Wildman–Crippen MR) is 67.8 cm³/mol. The summed E-state index contributed by atoms with van der Waals surface area (Å²) in [6, 6.07) is 0. The van der Waals surface area contributed by atoms with Crippen molar-refractivity contribution in [2.45, 2.75) is 71.1 Å². The van der Waals surface area contributed by atoms with Crippen molar-refractivity contribution in [2.24, 2.45) is 0 Å². The van der Waals surface area contributed by atoms with Gasteiger partial charge < -0.3 is 14.6 Å². The monoisotopic (exact) mass is 257 g/mol. The molecular weight excluding hydrogens is 232 g/mol. The van der Waals surface area contributed by atoms with Gasteiger partial charge in [-0.2, -0.15) is 0 Å². The minimum absolute atomic E-state index is 0.0887. The van der Waals surface area contributed by atoms with Gasteiger partial charge in [-0.25, -0.2) is 0 Å². The topological polar surface area (TPSA) is 66.4 Å². The second kappa shape index (κ2) is 12.4. The molecule has 0 atom stereocenters. The fraction of sp³-hybridized carbons (Fsp3) is 0.857. The van der Waals surface area contributed by atoms with Crippen molar-refractivity contribution in [3.05, 3.63) is 0 Å². The third kappa shape index (κ3) is 13.0. The van der Waals surface area contributed by atoms with Gasteiger partial charge in [0, 0.05) is 12.4 Å². The van der Waals surface area contributed by atoms with Crippen LogP contribution in [-0.2, 0) is 14.3 Å². The second-order valence-corrected chi connectivity index (χ2v) is 4.57. The van der Waals surface area contributed by atoms with E-state index in [1.165, 1.54) is 19.3 Å². The molecule has 0 aliphatic carbocycles. The van der Waals surface area contributed by atoms with E-state index in [2.05, 4.69) is 6.92 Å². The largest absolute Gasteiger partial charge is 0.550 e. The fourth-order valence-electron chi connectivity index (χ4n) is 1.68. The van der Waals surface area contributed by atoms with E-state index in [1.54, 1.807) is 0 Å². The van der Waals surface area contributed by atoms with Crippen molar-refractivity contribution in [1.82, 2.24) is 0 Å². The van der Waals surface area contributed by atoms with Crippen LogP contribution in [0.5, 0.6) is 0 Å². The number of carbonyl (C=O) groups is 2. The molecule has 0 unspecified atom stereocenters. The van der Waals surface area contributed by atoms with E-state index in [1.807, 2.05) is 0 Å². The third-order valence-electron chi connectivity index (χ3n) is 2.77. The molecule has 18 heavy (non-hydrogen) atoms. The lowest BCUT2D eigenvalue weighted by molar-refractivity contribution is -0.305. The lowest BCUT2D eigenvalue weighted by Gasteiger charge is -2.05. The molecule has 106 valence electrons. The lowest BCUT2D eigenvalue weighted by Crippen LogP contribution is -2.21. The van der Waals surface area contributed by atoms with E-state index < -0.39 is 5.97 Å². The Hall–Kier alpha value is -1.06. The van der Waals surface area contributed by atoms with Gasteiger partial charge in [0.1, 0.15) is 0 Å². The smallest absolute Gasteiger partial charge is 0.305 e. The molecule has 0 heterocycles. The third-order valence-corrected chi connectivity index (χ3v) is 2.77. The molecule has 0 amide bonds. The highest BCUT2D eigenvalue weighted by atomic mass is 16.5. The summed E-state index contributed by atoms with van der Waals surface area (Å²) in [6.07, 6.45) is 8.30.